The molecule has 1 aromatic carbocycles. The van der Waals surface area contributed by atoms with Crippen molar-refractivity contribution >= 4 is 23.2 Å². The highest BCUT2D eigenvalue weighted by molar-refractivity contribution is 6.18. The Morgan fingerprint density at radius 3 is 2.61 bits per heavy atom. The van der Waals surface area contributed by atoms with E-state index in [1.54, 1.807) is 26.8 Å². The minimum atomic E-state index is -0.560. The zero-order valence-electron chi connectivity index (χ0n) is 10.5. The Bertz CT molecular complexity index is 486. The first-order valence-electron chi connectivity index (χ1n) is 5.41. The number of nitrogens with one attached hydrogen (secondary N) is 1. The molecule has 1 N–H and O–H groups in total. The molecule has 18 heavy (non-hydrogen) atoms. The van der Waals surface area contributed by atoms with Gasteiger partial charge in [-0.25, -0.2) is 0 Å². The van der Waals surface area contributed by atoms with Crippen molar-refractivity contribution in [1.29, 1.82) is 0 Å². The van der Waals surface area contributed by atoms with E-state index in [2.05, 4.69) is 5.32 Å². The van der Waals surface area contributed by atoms with E-state index in [4.69, 9.17) is 11.6 Å². The summed E-state index contributed by atoms with van der Waals surface area (Å²) in [6, 6.07) is 4.43. The second-order valence-corrected chi connectivity index (χ2v) is 4.95. The molecule has 0 aliphatic heterocycles. The summed E-state index contributed by atoms with van der Waals surface area (Å²) < 4.78 is 0. The molecule has 0 aliphatic rings. The molecule has 6 heteroatoms. The van der Waals surface area contributed by atoms with Gasteiger partial charge in [0.15, 0.2) is 0 Å². The van der Waals surface area contributed by atoms with Gasteiger partial charge in [-0.2, -0.15) is 0 Å². The van der Waals surface area contributed by atoms with Crippen molar-refractivity contribution in [2.45, 2.75) is 26.3 Å². The molecule has 0 radical (unpaired) electrons. The van der Waals surface area contributed by atoms with Crippen LogP contribution in [0.25, 0.3) is 0 Å². The number of carbonyl (C=O) groups excluding carboxylic acids is 1. The molecule has 0 unspecified atom stereocenters. The first kappa shape index (κ1) is 14.4. The second kappa shape index (κ2) is 5.35. The number of nitro groups is 1. The predicted molar refractivity (Wildman–Crippen MR) is 70.1 cm³/mol. The summed E-state index contributed by atoms with van der Waals surface area (Å²) in [5, 5.41) is 13.5. The molecule has 0 aliphatic carbocycles. The fraction of sp³-hybridized carbons (Fsp3) is 0.417. The minimum absolute atomic E-state index is 0.0636. The SMILES string of the molecule is Cc1c(C(=O)NC(C)(C)CCl)cccc1[N+](=O)[O-]. The number of hydrogen-bond acceptors (Lipinski definition) is 3. The van der Waals surface area contributed by atoms with Crippen LogP contribution >= 0.6 is 11.6 Å². The Hall–Kier alpha value is -1.62. The fourth-order valence-electron chi connectivity index (χ4n) is 1.48. The Labute approximate surface area is 110 Å². The third-order valence-electron chi connectivity index (χ3n) is 2.53. The molecular formula is C12H15ClN2O3. The Morgan fingerprint density at radius 2 is 2.11 bits per heavy atom. The number of nitrogens with zero attached hydrogens (tertiary/aromatic N) is 1. The number of nitro benzene ring substituents is 1. The molecule has 0 fully saturated rings. The molecule has 0 aromatic heterocycles. The lowest BCUT2D eigenvalue weighted by Crippen LogP contribution is -2.45. The molecule has 5 nitrogen and oxygen atoms in total. The van der Waals surface area contributed by atoms with Crippen LogP contribution in [-0.4, -0.2) is 22.2 Å². The third kappa shape index (κ3) is 3.20. The molecule has 0 saturated carbocycles. The maximum atomic E-state index is 12.0. The molecule has 0 spiro atoms. The number of carbonyl (C=O) groups is 1. The van der Waals surface area contributed by atoms with Crippen molar-refractivity contribution in [1.82, 2.24) is 5.32 Å². The van der Waals surface area contributed by atoms with Gasteiger partial charge in [0.2, 0.25) is 0 Å². The minimum Gasteiger partial charge on any atom is -0.346 e. The average molecular weight is 271 g/mol. The lowest BCUT2D eigenvalue weighted by Gasteiger charge is -2.23. The zero-order valence-corrected chi connectivity index (χ0v) is 11.2. The molecule has 1 aromatic rings. The van der Waals surface area contributed by atoms with Gasteiger partial charge >= 0.3 is 0 Å². The fourth-order valence-corrected chi connectivity index (χ4v) is 1.54. The van der Waals surface area contributed by atoms with Crippen LogP contribution in [0.1, 0.15) is 29.8 Å². The van der Waals surface area contributed by atoms with E-state index in [9.17, 15) is 14.9 Å². The molecular weight excluding hydrogens is 256 g/mol. The van der Waals surface area contributed by atoms with Crippen LogP contribution < -0.4 is 5.32 Å². The standard InChI is InChI=1S/C12H15ClN2O3/c1-8-9(5-4-6-10(8)15(17)18)11(16)14-12(2,3)7-13/h4-6H,7H2,1-3H3,(H,14,16). The number of amides is 1. The first-order chi connectivity index (χ1) is 8.28. The molecule has 0 saturated heterocycles. The van der Waals surface area contributed by atoms with E-state index < -0.39 is 10.5 Å². The van der Waals surface area contributed by atoms with Gasteiger partial charge in [0.1, 0.15) is 0 Å². The number of halogens is 1. The first-order valence-corrected chi connectivity index (χ1v) is 5.94. The van der Waals surface area contributed by atoms with E-state index in [0.717, 1.165) is 0 Å². The van der Waals surface area contributed by atoms with E-state index >= 15 is 0 Å². The predicted octanol–water partition coefficient (Wildman–Crippen LogP) is 2.65. The van der Waals surface area contributed by atoms with Crippen LogP contribution in [0, 0.1) is 17.0 Å². The average Bonchev–Trinajstić information content (AvgIpc) is 2.28. The molecule has 1 rings (SSSR count). The smallest absolute Gasteiger partial charge is 0.273 e. The summed E-state index contributed by atoms with van der Waals surface area (Å²) in [4.78, 5) is 22.3. The summed E-state index contributed by atoms with van der Waals surface area (Å²) in [6.45, 7) is 5.12. The highest BCUT2D eigenvalue weighted by atomic mass is 35.5. The van der Waals surface area contributed by atoms with Crippen LogP contribution in [0.15, 0.2) is 18.2 Å². The zero-order chi connectivity index (χ0) is 13.9. The van der Waals surface area contributed by atoms with Crippen LogP contribution in [-0.2, 0) is 0 Å². The van der Waals surface area contributed by atoms with Gasteiger partial charge in [-0.15, -0.1) is 11.6 Å². The van der Waals surface area contributed by atoms with Crippen molar-refractivity contribution in [2.24, 2.45) is 0 Å². The number of hydrogen-bond donors (Lipinski definition) is 1. The summed E-state index contributed by atoms with van der Waals surface area (Å²) >= 11 is 5.72. The van der Waals surface area contributed by atoms with Crippen LogP contribution in [0.5, 0.6) is 0 Å². The van der Waals surface area contributed by atoms with Crippen LogP contribution in [0.2, 0.25) is 0 Å². The van der Waals surface area contributed by atoms with Gasteiger partial charge < -0.3 is 5.32 Å². The summed E-state index contributed by atoms with van der Waals surface area (Å²) in [5.41, 5.74) is 0.0227. The maximum absolute atomic E-state index is 12.0. The summed E-state index contributed by atoms with van der Waals surface area (Å²) in [7, 11) is 0. The van der Waals surface area contributed by atoms with Gasteiger partial charge in [0, 0.05) is 28.6 Å². The second-order valence-electron chi connectivity index (χ2n) is 4.68. The van der Waals surface area contributed by atoms with Gasteiger partial charge in [0.05, 0.1) is 4.92 Å². The van der Waals surface area contributed by atoms with E-state index in [-0.39, 0.29) is 17.5 Å². The molecule has 1 amide bonds. The number of rotatable bonds is 4. The quantitative estimate of drug-likeness (QED) is 0.519. The molecule has 0 atom stereocenters. The normalized spacial score (nSPS) is 11.1. The van der Waals surface area contributed by atoms with Crippen molar-refractivity contribution in [3.63, 3.8) is 0 Å². The van der Waals surface area contributed by atoms with Crippen LogP contribution in [0.3, 0.4) is 0 Å². The third-order valence-corrected chi connectivity index (χ3v) is 3.20. The van der Waals surface area contributed by atoms with Crippen molar-refractivity contribution in [2.75, 3.05) is 5.88 Å². The lowest BCUT2D eigenvalue weighted by atomic mass is 10.0. The topological polar surface area (TPSA) is 72.2 Å². The van der Waals surface area contributed by atoms with Crippen molar-refractivity contribution in [3.05, 3.63) is 39.4 Å². The summed E-state index contributed by atoms with van der Waals surface area (Å²) in [6.07, 6.45) is 0. The Kier molecular flexibility index (Phi) is 4.29. The van der Waals surface area contributed by atoms with Gasteiger partial charge in [0.25, 0.3) is 11.6 Å². The maximum Gasteiger partial charge on any atom is 0.273 e. The molecule has 0 heterocycles. The van der Waals surface area contributed by atoms with E-state index in [1.807, 2.05) is 0 Å². The Morgan fingerprint density at radius 1 is 1.50 bits per heavy atom. The van der Waals surface area contributed by atoms with Gasteiger partial charge in [-0.3, -0.25) is 14.9 Å². The van der Waals surface area contributed by atoms with Crippen LogP contribution in [0.4, 0.5) is 5.69 Å². The monoisotopic (exact) mass is 270 g/mol. The van der Waals surface area contributed by atoms with Crippen molar-refractivity contribution in [3.8, 4) is 0 Å². The van der Waals surface area contributed by atoms with E-state index in [0.29, 0.717) is 11.1 Å². The number of benzene rings is 1. The lowest BCUT2D eigenvalue weighted by molar-refractivity contribution is -0.385. The van der Waals surface area contributed by atoms with Gasteiger partial charge in [-0.05, 0) is 26.8 Å². The molecule has 98 valence electrons. The Balaban J connectivity index is 3.08. The molecule has 0 bridgehead atoms. The highest BCUT2D eigenvalue weighted by Crippen LogP contribution is 2.21. The van der Waals surface area contributed by atoms with E-state index in [1.165, 1.54) is 12.1 Å². The largest absolute Gasteiger partial charge is 0.346 e. The van der Waals surface area contributed by atoms with Crippen molar-refractivity contribution < 1.29 is 9.72 Å². The van der Waals surface area contributed by atoms with Gasteiger partial charge in [-0.1, -0.05) is 6.07 Å². The summed E-state index contributed by atoms with van der Waals surface area (Å²) in [5.74, 6) is -0.103. The highest BCUT2D eigenvalue weighted by Gasteiger charge is 2.23. The number of alkyl halides is 1.